The Morgan fingerprint density at radius 1 is 1.21 bits per heavy atom. The second-order valence-corrected chi connectivity index (χ2v) is 6.40. The van der Waals surface area contributed by atoms with E-state index in [0.29, 0.717) is 24.5 Å². The summed E-state index contributed by atoms with van der Waals surface area (Å²) < 4.78 is 0. The summed E-state index contributed by atoms with van der Waals surface area (Å²) in [4.78, 5) is 22.9. The SMILES string of the molecule is Cc1ncc(C(=O)N2CCC([C@@H](O)c3ccccc3)CC2)c(C)n1. The lowest BCUT2D eigenvalue weighted by atomic mass is 9.87. The summed E-state index contributed by atoms with van der Waals surface area (Å²) >= 11 is 0. The van der Waals surface area contributed by atoms with Crippen LogP contribution in [-0.2, 0) is 0 Å². The lowest BCUT2D eigenvalue weighted by molar-refractivity contribution is 0.0461. The molecule has 0 unspecified atom stereocenters. The van der Waals surface area contributed by atoms with Gasteiger partial charge in [-0.25, -0.2) is 9.97 Å². The van der Waals surface area contributed by atoms with Crippen LogP contribution in [0.25, 0.3) is 0 Å². The van der Waals surface area contributed by atoms with Crippen LogP contribution in [0.5, 0.6) is 0 Å². The quantitative estimate of drug-likeness (QED) is 0.942. The van der Waals surface area contributed by atoms with Gasteiger partial charge < -0.3 is 10.0 Å². The number of piperidine rings is 1. The van der Waals surface area contributed by atoms with E-state index in [9.17, 15) is 9.90 Å². The van der Waals surface area contributed by atoms with E-state index in [-0.39, 0.29) is 11.8 Å². The summed E-state index contributed by atoms with van der Waals surface area (Å²) in [5.41, 5.74) is 2.24. The van der Waals surface area contributed by atoms with Crippen LogP contribution in [0.15, 0.2) is 36.5 Å². The Morgan fingerprint density at radius 2 is 1.88 bits per heavy atom. The minimum absolute atomic E-state index is 0.0137. The number of aliphatic hydroxyl groups excluding tert-OH is 1. The van der Waals surface area contributed by atoms with Crippen molar-refractivity contribution in [2.45, 2.75) is 32.8 Å². The molecule has 5 nitrogen and oxygen atoms in total. The predicted molar refractivity (Wildman–Crippen MR) is 91.5 cm³/mol. The van der Waals surface area contributed by atoms with E-state index in [1.807, 2.05) is 49.1 Å². The zero-order valence-corrected chi connectivity index (χ0v) is 14.1. The molecule has 0 radical (unpaired) electrons. The first-order chi connectivity index (χ1) is 11.6. The number of hydrogen-bond acceptors (Lipinski definition) is 4. The van der Waals surface area contributed by atoms with Crippen molar-refractivity contribution in [1.29, 1.82) is 0 Å². The van der Waals surface area contributed by atoms with Crippen LogP contribution < -0.4 is 0 Å². The Morgan fingerprint density at radius 3 is 2.50 bits per heavy atom. The number of aromatic nitrogens is 2. The molecule has 1 N–H and O–H groups in total. The number of rotatable bonds is 3. The molecule has 1 aromatic heterocycles. The van der Waals surface area contributed by atoms with E-state index < -0.39 is 6.10 Å². The van der Waals surface area contributed by atoms with Gasteiger partial charge in [0.25, 0.3) is 5.91 Å². The van der Waals surface area contributed by atoms with Crippen molar-refractivity contribution in [3.8, 4) is 0 Å². The first-order valence-corrected chi connectivity index (χ1v) is 8.39. The lowest BCUT2D eigenvalue weighted by Crippen LogP contribution is -2.40. The fourth-order valence-corrected chi connectivity index (χ4v) is 3.30. The molecule has 1 atom stereocenters. The van der Waals surface area contributed by atoms with Crippen LogP contribution in [0, 0.1) is 19.8 Å². The standard InChI is InChI=1S/C19H23N3O2/c1-13-17(12-20-14(2)21-13)19(24)22-10-8-16(9-11-22)18(23)15-6-4-3-5-7-15/h3-7,12,16,18,23H,8-11H2,1-2H3/t18-/m0/s1. The van der Waals surface area contributed by atoms with Crippen molar-refractivity contribution in [1.82, 2.24) is 14.9 Å². The fourth-order valence-electron chi connectivity index (χ4n) is 3.30. The molecular weight excluding hydrogens is 302 g/mol. The summed E-state index contributed by atoms with van der Waals surface area (Å²) in [6, 6.07) is 9.74. The summed E-state index contributed by atoms with van der Waals surface area (Å²) in [6.07, 6.45) is 2.75. The number of benzene rings is 1. The maximum absolute atomic E-state index is 12.7. The van der Waals surface area contributed by atoms with Crippen molar-refractivity contribution in [2.24, 2.45) is 5.92 Å². The highest BCUT2D eigenvalue weighted by Gasteiger charge is 2.29. The van der Waals surface area contributed by atoms with E-state index in [2.05, 4.69) is 9.97 Å². The molecular formula is C19H23N3O2. The van der Waals surface area contributed by atoms with Gasteiger partial charge >= 0.3 is 0 Å². The molecule has 1 aromatic carbocycles. The molecule has 126 valence electrons. The molecule has 1 fully saturated rings. The van der Waals surface area contributed by atoms with Gasteiger partial charge in [0.05, 0.1) is 17.4 Å². The molecule has 0 aliphatic carbocycles. The van der Waals surface area contributed by atoms with Crippen LogP contribution in [0.3, 0.4) is 0 Å². The third-order valence-electron chi connectivity index (χ3n) is 4.74. The number of carbonyl (C=O) groups excluding carboxylic acids is 1. The van der Waals surface area contributed by atoms with Crippen molar-refractivity contribution in [3.63, 3.8) is 0 Å². The monoisotopic (exact) mass is 325 g/mol. The van der Waals surface area contributed by atoms with Crippen LogP contribution in [0.1, 0.15) is 46.4 Å². The summed E-state index contributed by atoms with van der Waals surface area (Å²) in [6.45, 7) is 4.97. The van der Waals surface area contributed by atoms with Gasteiger partial charge in [-0.2, -0.15) is 0 Å². The highest BCUT2D eigenvalue weighted by atomic mass is 16.3. The normalized spacial score (nSPS) is 16.9. The maximum atomic E-state index is 12.7. The number of likely N-dealkylation sites (tertiary alicyclic amines) is 1. The van der Waals surface area contributed by atoms with Gasteiger partial charge in [0.2, 0.25) is 0 Å². The zero-order valence-electron chi connectivity index (χ0n) is 14.1. The van der Waals surface area contributed by atoms with E-state index in [4.69, 9.17) is 0 Å². The molecule has 1 saturated heterocycles. The topological polar surface area (TPSA) is 66.3 Å². The van der Waals surface area contributed by atoms with Gasteiger partial charge in [-0.05, 0) is 38.2 Å². The van der Waals surface area contributed by atoms with E-state index in [0.717, 1.165) is 24.1 Å². The van der Waals surface area contributed by atoms with Gasteiger partial charge in [-0.15, -0.1) is 0 Å². The van der Waals surface area contributed by atoms with Crippen LogP contribution in [-0.4, -0.2) is 39.0 Å². The van der Waals surface area contributed by atoms with E-state index in [1.165, 1.54) is 0 Å². The van der Waals surface area contributed by atoms with Gasteiger partial charge in [-0.1, -0.05) is 30.3 Å². The van der Waals surface area contributed by atoms with Crippen molar-refractivity contribution < 1.29 is 9.90 Å². The smallest absolute Gasteiger partial charge is 0.257 e. The molecule has 2 heterocycles. The molecule has 0 spiro atoms. The highest BCUT2D eigenvalue weighted by molar-refractivity contribution is 5.95. The first kappa shape index (κ1) is 16.6. The Kier molecular flexibility index (Phi) is 4.90. The molecule has 5 heteroatoms. The van der Waals surface area contributed by atoms with Gasteiger partial charge in [0.15, 0.2) is 0 Å². The average molecular weight is 325 g/mol. The molecule has 0 saturated carbocycles. The third kappa shape index (κ3) is 3.46. The number of nitrogens with zero attached hydrogens (tertiary/aromatic N) is 3. The van der Waals surface area contributed by atoms with Crippen molar-refractivity contribution in [3.05, 3.63) is 59.2 Å². The maximum Gasteiger partial charge on any atom is 0.257 e. The lowest BCUT2D eigenvalue weighted by Gasteiger charge is -2.34. The Hall–Kier alpha value is -2.27. The number of carbonyl (C=O) groups is 1. The van der Waals surface area contributed by atoms with Gasteiger partial charge in [0.1, 0.15) is 5.82 Å². The molecule has 0 bridgehead atoms. The number of amides is 1. The van der Waals surface area contributed by atoms with Crippen LogP contribution in [0.4, 0.5) is 0 Å². The third-order valence-corrected chi connectivity index (χ3v) is 4.74. The Bertz CT molecular complexity index is 710. The molecule has 1 aliphatic rings. The van der Waals surface area contributed by atoms with Crippen molar-refractivity contribution in [2.75, 3.05) is 13.1 Å². The Labute approximate surface area is 142 Å². The second-order valence-electron chi connectivity index (χ2n) is 6.40. The summed E-state index contributed by atoms with van der Waals surface area (Å²) in [5.74, 6) is 0.848. The Balaban J connectivity index is 1.63. The van der Waals surface area contributed by atoms with Crippen molar-refractivity contribution >= 4 is 5.91 Å². The number of hydrogen-bond donors (Lipinski definition) is 1. The molecule has 24 heavy (non-hydrogen) atoms. The van der Waals surface area contributed by atoms with Gasteiger partial charge in [0, 0.05) is 19.3 Å². The first-order valence-electron chi connectivity index (χ1n) is 8.39. The number of aryl methyl sites for hydroxylation is 2. The highest BCUT2D eigenvalue weighted by Crippen LogP contribution is 2.31. The fraction of sp³-hybridized carbons (Fsp3) is 0.421. The summed E-state index contributed by atoms with van der Waals surface area (Å²) in [7, 11) is 0. The van der Waals surface area contributed by atoms with Gasteiger partial charge in [-0.3, -0.25) is 4.79 Å². The van der Waals surface area contributed by atoms with Crippen LogP contribution >= 0.6 is 0 Å². The van der Waals surface area contributed by atoms with Crippen LogP contribution in [0.2, 0.25) is 0 Å². The predicted octanol–water partition coefficient (Wildman–Crippen LogP) is 2.68. The minimum Gasteiger partial charge on any atom is -0.388 e. The zero-order chi connectivity index (χ0) is 17.1. The number of aliphatic hydroxyl groups is 1. The van der Waals surface area contributed by atoms with E-state index in [1.54, 1.807) is 6.20 Å². The second kappa shape index (κ2) is 7.09. The van der Waals surface area contributed by atoms with E-state index >= 15 is 0 Å². The molecule has 2 aromatic rings. The average Bonchev–Trinajstić information content (AvgIpc) is 2.61. The molecule has 1 aliphatic heterocycles. The molecule has 1 amide bonds. The largest absolute Gasteiger partial charge is 0.388 e. The summed E-state index contributed by atoms with van der Waals surface area (Å²) in [5, 5.41) is 10.5. The minimum atomic E-state index is -0.465. The molecule has 3 rings (SSSR count).